The number of benzene rings is 2. The summed E-state index contributed by atoms with van der Waals surface area (Å²) in [7, 11) is 1.65. The molecule has 0 heterocycles. The van der Waals surface area contributed by atoms with Crippen LogP contribution < -0.4 is 4.74 Å². The van der Waals surface area contributed by atoms with Crippen molar-refractivity contribution in [2.75, 3.05) is 7.11 Å². The minimum absolute atomic E-state index is 0.0683. The number of rotatable bonds is 4. The maximum atomic E-state index is 6.42. The molecule has 1 unspecified atom stereocenters. The number of halogens is 2. The Morgan fingerprint density at radius 2 is 1.83 bits per heavy atom. The van der Waals surface area contributed by atoms with Crippen LogP contribution in [0.15, 0.2) is 48.5 Å². The average molecular weight is 281 g/mol. The van der Waals surface area contributed by atoms with Crippen LogP contribution in [0.25, 0.3) is 0 Å². The lowest BCUT2D eigenvalue weighted by molar-refractivity contribution is 0.414. The number of alkyl halides is 1. The number of methoxy groups -OCH3 is 1. The second kappa shape index (κ2) is 6.12. The zero-order valence-electron chi connectivity index (χ0n) is 10.1. The van der Waals surface area contributed by atoms with E-state index in [0.29, 0.717) is 0 Å². The van der Waals surface area contributed by atoms with Crippen molar-refractivity contribution in [3.05, 3.63) is 64.7 Å². The van der Waals surface area contributed by atoms with Gasteiger partial charge in [-0.3, -0.25) is 0 Å². The highest BCUT2D eigenvalue weighted by atomic mass is 35.5. The molecule has 2 aromatic carbocycles. The lowest BCUT2D eigenvalue weighted by Crippen LogP contribution is -1.96. The van der Waals surface area contributed by atoms with Crippen LogP contribution in [0.3, 0.4) is 0 Å². The van der Waals surface area contributed by atoms with E-state index in [1.54, 1.807) is 7.11 Å². The van der Waals surface area contributed by atoms with Gasteiger partial charge in [0.25, 0.3) is 0 Å². The van der Waals surface area contributed by atoms with Crippen LogP contribution in [0.5, 0.6) is 5.75 Å². The Balaban J connectivity index is 2.11. The van der Waals surface area contributed by atoms with Gasteiger partial charge < -0.3 is 4.74 Å². The molecule has 2 rings (SSSR count). The second-order valence-corrected chi connectivity index (χ2v) is 5.04. The molecule has 0 aromatic heterocycles. The van der Waals surface area contributed by atoms with Gasteiger partial charge >= 0.3 is 0 Å². The Labute approximate surface area is 117 Å². The molecule has 0 aliphatic rings. The van der Waals surface area contributed by atoms with E-state index in [9.17, 15) is 0 Å². The first-order valence-corrected chi connectivity index (χ1v) is 6.53. The van der Waals surface area contributed by atoms with Gasteiger partial charge in [-0.15, -0.1) is 11.6 Å². The van der Waals surface area contributed by atoms with Crippen LogP contribution >= 0.6 is 23.2 Å². The topological polar surface area (TPSA) is 9.23 Å². The SMILES string of the molecule is COc1cccc(C(Cl)Cc2ccc(Cl)cc2)c1. The average Bonchev–Trinajstić information content (AvgIpc) is 2.41. The van der Waals surface area contributed by atoms with Gasteiger partial charge in [-0.2, -0.15) is 0 Å². The minimum atomic E-state index is -0.0683. The van der Waals surface area contributed by atoms with E-state index in [1.165, 1.54) is 5.56 Å². The predicted molar refractivity (Wildman–Crippen MR) is 76.7 cm³/mol. The Morgan fingerprint density at radius 1 is 1.11 bits per heavy atom. The van der Waals surface area contributed by atoms with Crippen LogP contribution in [-0.2, 0) is 6.42 Å². The van der Waals surface area contributed by atoms with Crippen molar-refractivity contribution in [3.8, 4) is 5.75 Å². The van der Waals surface area contributed by atoms with Gasteiger partial charge in [-0.05, 0) is 41.8 Å². The molecule has 94 valence electrons. The van der Waals surface area contributed by atoms with Crippen LogP contribution in [0.1, 0.15) is 16.5 Å². The van der Waals surface area contributed by atoms with E-state index in [2.05, 4.69) is 0 Å². The Kier molecular flexibility index (Phi) is 4.51. The summed E-state index contributed by atoms with van der Waals surface area (Å²) < 4.78 is 5.19. The molecule has 0 aliphatic heterocycles. The Bertz CT molecular complexity index is 508. The summed E-state index contributed by atoms with van der Waals surface area (Å²) in [6.07, 6.45) is 0.770. The maximum Gasteiger partial charge on any atom is 0.119 e. The lowest BCUT2D eigenvalue weighted by Gasteiger charge is -2.11. The molecule has 1 atom stereocenters. The van der Waals surface area contributed by atoms with E-state index in [0.717, 1.165) is 22.8 Å². The molecule has 18 heavy (non-hydrogen) atoms. The van der Waals surface area contributed by atoms with Gasteiger partial charge in [-0.1, -0.05) is 35.9 Å². The van der Waals surface area contributed by atoms with Crippen molar-refractivity contribution in [1.82, 2.24) is 0 Å². The first-order valence-electron chi connectivity index (χ1n) is 5.71. The van der Waals surface area contributed by atoms with Gasteiger partial charge in [-0.25, -0.2) is 0 Å². The second-order valence-electron chi connectivity index (χ2n) is 4.07. The molecule has 1 nitrogen and oxygen atoms in total. The quantitative estimate of drug-likeness (QED) is 0.726. The monoisotopic (exact) mass is 280 g/mol. The first kappa shape index (κ1) is 13.3. The Morgan fingerprint density at radius 3 is 2.50 bits per heavy atom. The van der Waals surface area contributed by atoms with Crippen molar-refractivity contribution >= 4 is 23.2 Å². The van der Waals surface area contributed by atoms with Crippen LogP contribution in [0.2, 0.25) is 5.02 Å². The third-order valence-electron chi connectivity index (χ3n) is 2.78. The molecule has 0 saturated carbocycles. The highest BCUT2D eigenvalue weighted by Gasteiger charge is 2.09. The summed E-state index contributed by atoms with van der Waals surface area (Å²) in [4.78, 5) is 0. The zero-order chi connectivity index (χ0) is 13.0. The third kappa shape index (κ3) is 3.41. The normalized spacial score (nSPS) is 12.2. The van der Waals surface area contributed by atoms with Crippen LogP contribution in [-0.4, -0.2) is 7.11 Å². The van der Waals surface area contributed by atoms with Gasteiger partial charge in [0.1, 0.15) is 5.75 Å². The van der Waals surface area contributed by atoms with E-state index in [4.69, 9.17) is 27.9 Å². The molecule has 0 radical (unpaired) electrons. The summed E-state index contributed by atoms with van der Waals surface area (Å²) in [5.41, 5.74) is 2.23. The number of ether oxygens (including phenoxy) is 1. The van der Waals surface area contributed by atoms with Crippen molar-refractivity contribution in [3.63, 3.8) is 0 Å². The summed E-state index contributed by atoms with van der Waals surface area (Å²) >= 11 is 12.3. The van der Waals surface area contributed by atoms with Crippen molar-refractivity contribution in [1.29, 1.82) is 0 Å². The standard InChI is InChI=1S/C15H14Cl2O/c1-18-14-4-2-3-12(10-14)15(17)9-11-5-7-13(16)8-6-11/h2-8,10,15H,9H2,1H3. The number of hydrogen-bond acceptors (Lipinski definition) is 1. The molecular weight excluding hydrogens is 267 g/mol. The first-order chi connectivity index (χ1) is 8.69. The molecular formula is C15H14Cl2O. The molecule has 0 N–H and O–H groups in total. The summed E-state index contributed by atoms with van der Waals surface area (Å²) in [5.74, 6) is 0.828. The van der Waals surface area contributed by atoms with Crippen molar-refractivity contribution < 1.29 is 4.74 Å². The third-order valence-corrected chi connectivity index (χ3v) is 3.44. The summed E-state index contributed by atoms with van der Waals surface area (Å²) in [6, 6.07) is 15.6. The van der Waals surface area contributed by atoms with Crippen molar-refractivity contribution in [2.45, 2.75) is 11.8 Å². The van der Waals surface area contributed by atoms with Crippen LogP contribution in [0.4, 0.5) is 0 Å². The van der Waals surface area contributed by atoms with Crippen molar-refractivity contribution in [2.24, 2.45) is 0 Å². The summed E-state index contributed by atoms with van der Waals surface area (Å²) in [5, 5.41) is 0.674. The fraction of sp³-hybridized carbons (Fsp3) is 0.200. The highest BCUT2D eigenvalue weighted by molar-refractivity contribution is 6.30. The molecule has 0 saturated heterocycles. The minimum Gasteiger partial charge on any atom is -0.497 e. The van der Waals surface area contributed by atoms with E-state index in [1.807, 2.05) is 48.5 Å². The van der Waals surface area contributed by atoms with E-state index >= 15 is 0 Å². The van der Waals surface area contributed by atoms with Gasteiger partial charge in [0.2, 0.25) is 0 Å². The molecule has 0 spiro atoms. The largest absolute Gasteiger partial charge is 0.497 e. The fourth-order valence-corrected chi connectivity index (χ4v) is 2.22. The number of hydrogen-bond donors (Lipinski definition) is 0. The van der Waals surface area contributed by atoms with E-state index < -0.39 is 0 Å². The molecule has 0 bridgehead atoms. The zero-order valence-corrected chi connectivity index (χ0v) is 11.6. The fourth-order valence-electron chi connectivity index (χ4n) is 1.78. The van der Waals surface area contributed by atoms with Gasteiger partial charge in [0, 0.05) is 5.02 Å². The smallest absolute Gasteiger partial charge is 0.119 e. The predicted octanol–water partition coefficient (Wildman–Crippen LogP) is 4.87. The highest BCUT2D eigenvalue weighted by Crippen LogP contribution is 2.28. The molecule has 2 aromatic rings. The summed E-state index contributed by atoms with van der Waals surface area (Å²) in [6.45, 7) is 0. The lowest BCUT2D eigenvalue weighted by atomic mass is 10.0. The molecule has 0 aliphatic carbocycles. The molecule has 0 amide bonds. The molecule has 3 heteroatoms. The van der Waals surface area contributed by atoms with Gasteiger partial charge in [0.15, 0.2) is 0 Å². The van der Waals surface area contributed by atoms with Crippen LogP contribution in [0, 0.1) is 0 Å². The Hall–Kier alpha value is -1.18. The maximum absolute atomic E-state index is 6.42. The van der Waals surface area contributed by atoms with E-state index in [-0.39, 0.29) is 5.38 Å². The van der Waals surface area contributed by atoms with Gasteiger partial charge in [0.05, 0.1) is 12.5 Å². The molecule has 0 fully saturated rings.